The van der Waals surface area contributed by atoms with Crippen LogP contribution in [-0.2, 0) is 0 Å². The molecule has 2 rings (SSSR count). The third kappa shape index (κ3) is 5.15. The Balaban J connectivity index is 2.02. The van der Waals surface area contributed by atoms with Gasteiger partial charge in [-0.3, -0.25) is 14.9 Å². The first-order chi connectivity index (χ1) is 12.0. The third-order valence-corrected chi connectivity index (χ3v) is 3.39. The summed E-state index contributed by atoms with van der Waals surface area (Å²) < 4.78 is 5.32. The average molecular weight is 360 g/mol. The third-order valence-electron chi connectivity index (χ3n) is 3.04. The fourth-order valence-electron chi connectivity index (χ4n) is 1.83. The van der Waals surface area contributed by atoms with Gasteiger partial charge in [-0.05, 0) is 30.3 Å². The summed E-state index contributed by atoms with van der Waals surface area (Å²) in [5.74, 6) is 0.177. The van der Waals surface area contributed by atoms with Gasteiger partial charge in [0, 0.05) is 28.3 Å². The minimum absolute atomic E-state index is 0.118. The van der Waals surface area contributed by atoms with Crippen LogP contribution < -0.4 is 10.2 Å². The van der Waals surface area contributed by atoms with Crippen LogP contribution in [0.15, 0.2) is 60.2 Å². The van der Waals surface area contributed by atoms with Gasteiger partial charge in [0.2, 0.25) is 0 Å². The predicted octanol–water partition coefficient (Wildman–Crippen LogP) is 3.58. The number of amides is 1. The fraction of sp³-hybridized carbons (Fsp3) is 0.0588. The van der Waals surface area contributed by atoms with Crippen LogP contribution in [0.25, 0.3) is 0 Å². The highest BCUT2D eigenvalue weighted by Crippen LogP contribution is 2.20. The summed E-state index contributed by atoms with van der Waals surface area (Å²) in [7, 11) is 0. The minimum Gasteiger partial charge on any atom is -0.490 e. The summed E-state index contributed by atoms with van der Waals surface area (Å²) in [5, 5.41) is 14.8. The van der Waals surface area contributed by atoms with Crippen LogP contribution in [0, 0.1) is 10.1 Å². The number of hydrogen-bond acceptors (Lipinski definition) is 5. The first-order valence-electron chi connectivity index (χ1n) is 7.12. The van der Waals surface area contributed by atoms with E-state index in [2.05, 4.69) is 17.1 Å². The quantitative estimate of drug-likeness (QED) is 0.354. The van der Waals surface area contributed by atoms with Crippen molar-refractivity contribution in [3.8, 4) is 5.75 Å². The summed E-state index contributed by atoms with van der Waals surface area (Å²) in [6.07, 6.45) is 2.86. The van der Waals surface area contributed by atoms with E-state index >= 15 is 0 Å². The molecule has 2 aromatic carbocycles. The number of nitrogens with zero attached hydrogens (tertiary/aromatic N) is 2. The van der Waals surface area contributed by atoms with Crippen LogP contribution in [0.2, 0.25) is 5.02 Å². The lowest BCUT2D eigenvalue weighted by atomic mass is 10.2. The molecule has 0 aromatic heterocycles. The van der Waals surface area contributed by atoms with Crippen LogP contribution in [-0.4, -0.2) is 23.7 Å². The molecule has 0 saturated heterocycles. The van der Waals surface area contributed by atoms with Crippen molar-refractivity contribution in [2.45, 2.75) is 0 Å². The van der Waals surface area contributed by atoms with Crippen LogP contribution in [0.3, 0.4) is 0 Å². The first-order valence-corrected chi connectivity index (χ1v) is 7.50. The molecule has 8 heteroatoms. The minimum atomic E-state index is -0.539. The van der Waals surface area contributed by atoms with Crippen molar-refractivity contribution in [1.82, 2.24) is 5.43 Å². The molecule has 0 heterocycles. The Morgan fingerprint density at radius 2 is 2.04 bits per heavy atom. The lowest BCUT2D eigenvalue weighted by Crippen LogP contribution is -2.17. The molecule has 0 bridgehead atoms. The molecule has 0 fully saturated rings. The second-order valence-corrected chi connectivity index (χ2v) is 5.19. The van der Waals surface area contributed by atoms with Crippen molar-refractivity contribution in [3.63, 3.8) is 0 Å². The molecule has 2 aromatic rings. The zero-order valence-corrected chi connectivity index (χ0v) is 13.8. The Bertz CT molecular complexity index is 819. The highest BCUT2D eigenvalue weighted by Gasteiger charge is 2.09. The molecule has 0 aliphatic carbocycles. The van der Waals surface area contributed by atoms with Crippen molar-refractivity contribution < 1.29 is 14.5 Å². The van der Waals surface area contributed by atoms with Gasteiger partial charge in [0.25, 0.3) is 11.6 Å². The molecule has 1 N–H and O–H groups in total. The van der Waals surface area contributed by atoms with E-state index in [0.717, 1.165) is 0 Å². The summed E-state index contributed by atoms with van der Waals surface area (Å²) in [5.41, 5.74) is 2.92. The lowest BCUT2D eigenvalue weighted by Gasteiger charge is -2.04. The molecule has 25 heavy (non-hydrogen) atoms. The van der Waals surface area contributed by atoms with E-state index in [9.17, 15) is 14.9 Å². The van der Waals surface area contributed by atoms with Crippen molar-refractivity contribution in [2.75, 3.05) is 6.61 Å². The first kappa shape index (κ1) is 18.2. The lowest BCUT2D eigenvalue weighted by molar-refractivity contribution is -0.384. The van der Waals surface area contributed by atoms with Gasteiger partial charge < -0.3 is 4.74 Å². The van der Waals surface area contributed by atoms with E-state index in [4.69, 9.17) is 16.3 Å². The number of nitro groups is 1. The molecule has 0 aliphatic heterocycles. The van der Waals surface area contributed by atoms with Crippen LogP contribution in [0.4, 0.5) is 5.69 Å². The molecular weight excluding hydrogens is 346 g/mol. The average Bonchev–Trinajstić information content (AvgIpc) is 2.61. The Morgan fingerprint density at radius 1 is 1.32 bits per heavy atom. The number of benzene rings is 2. The van der Waals surface area contributed by atoms with Gasteiger partial charge in [0.15, 0.2) is 0 Å². The molecule has 0 aliphatic rings. The zero-order valence-electron chi connectivity index (χ0n) is 13.0. The molecule has 7 nitrogen and oxygen atoms in total. The van der Waals surface area contributed by atoms with E-state index in [1.165, 1.54) is 24.4 Å². The number of hydrazone groups is 1. The van der Waals surface area contributed by atoms with Gasteiger partial charge in [-0.15, -0.1) is 0 Å². The number of nitro benzene ring substituents is 1. The van der Waals surface area contributed by atoms with E-state index < -0.39 is 10.8 Å². The van der Waals surface area contributed by atoms with Gasteiger partial charge in [-0.1, -0.05) is 24.3 Å². The highest BCUT2D eigenvalue weighted by atomic mass is 35.5. The number of carbonyl (C=O) groups excluding carboxylic acids is 1. The summed E-state index contributed by atoms with van der Waals surface area (Å²) in [4.78, 5) is 22.2. The molecule has 0 radical (unpaired) electrons. The smallest absolute Gasteiger partial charge is 0.271 e. The van der Waals surface area contributed by atoms with Gasteiger partial charge in [-0.2, -0.15) is 5.10 Å². The number of halogens is 1. The largest absolute Gasteiger partial charge is 0.490 e. The Kier molecular flexibility index (Phi) is 6.25. The van der Waals surface area contributed by atoms with Gasteiger partial charge in [0.05, 0.1) is 11.1 Å². The van der Waals surface area contributed by atoms with E-state index in [-0.39, 0.29) is 10.7 Å². The SMILES string of the molecule is C=CCOc1ccc(C(=O)NN=Cc2cc([N+](=O)[O-])ccc2Cl)cc1. The topological polar surface area (TPSA) is 93.8 Å². The second-order valence-electron chi connectivity index (χ2n) is 4.79. The van der Waals surface area contributed by atoms with Crippen LogP contribution >= 0.6 is 11.6 Å². The number of hydrogen-bond donors (Lipinski definition) is 1. The fourth-order valence-corrected chi connectivity index (χ4v) is 1.99. The molecule has 128 valence electrons. The van der Waals surface area contributed by atoms with Crippen LogP contribution in [0.5, 0.6) is 5.75 Å². The maximum absolute atomic E-state index is 12.0. The molecule has 0 unspecified atom stereocenters. The summed E-state index contributed by atoms with van der Waals surface area (Å²) in [6.45, 7) is 3.92. The Hall–Kier alpha value is -3.19. The van der Waals surface area contributed by atoms with E-state index in [1.54, 1.807) is 30.3 Å². The normalized spacial score (nSPS) is 10.4. The molecule has 0 saturated carbocycles. The number of ether oxygens (including phenoxy) is 1. The number of nitrogens with one attached hydrogen (secondary N) is 1. The van der Waals surface area contributed by atoms with Gasteiger partial charge in [0.1, 0.15) is 12.4 Å². The maximum Gasteiger partial charge on any atom is 0.271 e. The highest BCUT2D eigenvalue weighted by molar-refractivity contribution is 6.33. The van der Waals surface area contributed by atoms with Gasteiger partial charge in [-0.25, -0.2) is 5.43 Å². The number of non-ortho nitro benzene ring substituents is 1. The summed E-state index contributed by atoms with van der Waals surface area (Å²) >= 11 is 5.94. The standard InChI is InChI=1S/C17H14ClN3O4/c1-2-9-25-15-6-3-12(4-7-15)17(22)20-19-11-13-10-14(21(23)24)5-8-16(13)18/h2-8,10-11H,1,9H2,(H,20,22). The van der Waals surface area contributed by atoms with Crippen molar-refractivity contribution in [1.29, 1.82) is 0 Å². The van der Waals surface area contributed by atoms with Crippen molar-refractivity contribution in [3.05, 3.63) is 81.4 Å². The number of rotatable bonds is 7. The Morgan fingerprint density at radius 3 is 2.68 bits per heavy atom. The summed E-state index contributed by atoms with van der Waals surface area (Å²) in [6, 6.07) is 10.4. The maximum atomic E-state index is 12.0. The number of carbonyl (C=O) groups is 1. The van der Waals surface area contributed by atoms with Crippen LogP contribution in [0.1, 0.15) is 15.9 Å². The van der Waals surface area contributed by atoms with Crippen molar-refractivity contribution in [2.24, 2.45) is 5.10 Å². The second kappa shape index (κ2) is 8.60. The van der Waals surface area contributed by atoms with Crippen molar-refractivity contribution >= 4 is 29.4 Å². The Labute approximate surface area is 148 Å². The van der Waals surface area contributed by atoms with Gasteiger partial charge >= 0.3 is 0 Å². The van der Waals surface area contributed by atoms with E-state index in [1.807, 2.05) is 0 Å². The predicted molar refractivity (Wildman–Crippen MR) is 95.3 cm³/mol. The zero-order chi connectivity index (χ0) is 18.2. The monoisotopic (exact) mass is 359 g/mol. The molecule has 0 atom stereocenters. The van der Waals surface area contributed by atoms with E-state index in [0.29, 0.717) is 23.5 Å². The molecular formula is C17H14ClN3O4. The molecule has 1 amide bonds. The molecule has 0 spiro atoms.